The average molecular weight is 288 g/mol. The first-order valence-corrected chi connectivity index (χ1v) is 6.45. The second-order valence-electron chi connectivity index (χ2n) is 4.81. The summed E-state index contributed by atoms with van der Waals surface area (Å²) in [7, 11) is 0. The van der Waals surface area contributed by atoms with E-state index in [0.29, 0.717) is 19.5 Å². The van der Waals surface area contributed by atoms with Gasteiger partial charge in [0.25, 0.3) is 5.91 Å². The normalized spacial score (nSPS) is 11.8. The van der Waals surface area contributed by atoms with Crippen LogP contribution in [0.3, 0.4) is 0 Å². The highest BCUT2D eigenvalue weighted by Crippen LogP contribution is 2.29. The molecule has 1 amide bonds. The number of carbonyl (C=O) groups is 1. The zero-order valence-electron chi connectivity index (χ0n) is 11.6. The molecular weight excluding hydrogens is 269 g/mol. The van der Waals surface area contributed by atoms with Gasteiger partial charge >= 0.3 is 6.18 Å². The van der Waals surface area contributed by atoms with Gasteiger partial charge in [0.15, 0.2) is 0 Å². The van der Waals surface area contributed by atoms with E-state index in [1.54, 1.807) is 0 Å². The van der Waals surface area contributed by atoms with Crippen molar-refractivity contribution in [1.29, 1.82) is 0 Å². The maximum Gasteiger partial charge on any atom is 0.416 e. The van der Waals surface area contributed by atoms with E-state index in [1.165, 1.54) is 17.0 Å². The molecule has 0 radical (unpaired) electrons. The highest BCUT2D eigenvalue weighted by molar-refractivity contribution is 5.94. The Hall–Kier alpha value is -1.56. The number of alkyl halides is 3. The minimum atomic E-state index is -4.45. The lowest BCUT2D eigenvalue weighted by Crippen LogP contribution is -2.38. The van der Waals surface area contributed by atoms with Crippen LogP contribution in [0.25, 0.3) is 0 Å². The molecule has 0 unspecified atom stereocenters. The standard InChI is InChI=1S/C14H19F3N2O/c1-10(2)19(8-4-7-18)13(20)11-5-3-6-12(9-11)14(15,16)17/h3,5-6,9-10H,4,7-8,18H2,1-2H3. The first-order valence-electron chi connectivity index (χ1n) is 6.45. The Labute approximate surface area is 116 Å². The van der Waals surface area contributed by atoms with Crippen LogP contribution < -0.4 is 5.73 Å². The molecule has 0 fully saturated rings. The van der Waals surface area contributed by atoms with Gasteiger partial charge in [-0.2, -0.15) is 13.2 Å². The molecule has 0 spiro atoms. The van der Waals surface area contributed by atoms with Gasteiger partial charge in [0.05, 0.1) is 5.56 Å². The van der Waals surface area contributed by atoms with Crippen molar-refractivity contribution < 1.29 is 18.0 Å². The average Bonchev–Trinajstić information content (AvgIpc) is 2.37. The second kappa shape index (κ2) is 6.74. The zero-order valence-corrected chi connectivity index (χ0v) is 11.6. The van der Waals surface area contributed by atoms with Gasteiger partial charge in [-0.1, -0.05) is 6.07 Å². The maximum absolute atomic E-state index is 12.7. The van der Waals surface area contributed by atoms with Crippen molar-refractivity contribution in [3.05, 3.63) is 35.4 Å². The van der Waals surface area contributed by atoms with Gasteiger partial charge in [-0.15, -0.1) is 0 Å². The summed E-state index contributed by atoms with van der Waals surface area (Å²) >= 11 is 0. The molecule has 0 bridgehead atoms. The Morgan fingerprint density at radius 3 is 2.50 bits per heavy atom. The molecule has 20 heavy (non-hydrogen) atoms. The van der Waals surface area contributed by atoms with E-state index >= 15 is 0 Å². The third-order valence-electron chi connectivity index (χ3n) is 2.92. The number of carbonyl (C=O) groups excluding carboxylic acids is 1. The summed E-state index contributed by atoms with van der Waals surface area (Å²) in [6.45, 7) is 4.51. The molecule has 0 aliphatic carbocycles. The third-order valence-corrected chi connectivity index (χ3v) is 2.92. The van der Waals surface area contributed by atoms with Crippen molar-refractivity contribution in [3.8, 4) is 0 Å². The lowest BCUT2D eigenvalue weighted by Gasteiger charge is -2.27. The molecule has 0 aromatic heterocycles. The molecule has 0 aliphatic heterocycles. The van der Waals surface area contributed by atoms with E-state index < -0.39 is 17.6 Å². The molecule has 0 aliphatic rings. The van der Waals surface area contributed by atoms with Gasteiger partial charge in [-0.25, -0.2) is 0 Å². The number of hydrogen-bond acceptors (Lipinski definition) is 2. The van der Waals surface area contributed by atoms with Crippen LogP contribution >= 0.6 is 0 Å². The van der Waals surface area contributed by atoms with E-state index in [1.807, 2.05) is 13.8 Å². The molecule has 0 saturated heterocycles. The summed E-state index contributed by atoms with van der Waals surface area (Å²) in [6, 6.07) is 4.40. The molecule has 0 heterocycles. The van der Waals surface area contributed by atoms with Gasteiger partial charge in [0, 0.05) is 18.2 Å². The Kier molecular flexibility index (Phi) is 5.56. The largest absolute Gasteiger partial charge is 0.416 e. The quantitative estimate of drug-likeness (QED) is 0.905. The second-order valence-corrected chi connectivity index (χ2v) is 4.81. The number of rotatable bonds is 5. The molecular formula is C14H19F3N2O. The van der Waals surface area contributed by atoms with Crippen molar-refractivity contribution in [3.63, 3.8) is 0 Å². The molecule has 2 N–H and O–H groups in total. The van der Waals surface area contributed by atoms with Crippen molar-refractivity contribution in [2.24, 2.45) is 5.73 Å². The van der Waals surface area contributed by atoms with E-state index in [9.17, 15) is 18.0 Å². The highest BCUT2D eigenvalue weighted by Gasteiger charge is 2.31. The fourth-order valence-electron chi connectivity index (χ4n) is 1.85. The topological polar surface area (TPSA) is 46.3 Å². The Morgan fingerprint density at radius 1 is 1.35 bits per heavy atom. The van der Waals surface area contributed by atoms with Crippen LogP contribution in [0.15, 0.2) is 24.3 Å². The Morgan fingerprint density at radius 2 is 2.00 bits per heavy atom. The predicted molar refractivity (Wildman–Crippen MR) is 71.3 cm³/mol. The van der Waals surface area contributed by atoms with E-state index in [2.05, 4.69) is 0 Å². The van der Waals surface area contributed by atoms with Gasteiger partial charge in [-0.05, 0) is 45.0 Å². The molecule has 112 valence electrons. The first-order chi connectivity index (χ1) is 9.27. The van der Waals surface area contributed by atoms with Crippen LogP contribution in [-0.2, 0) is 6.18 Å². The van der Waals surface area contributed by atoms with Crippen molar-refractivity contribution >= 4 is 5.91 Å². The van der Waals surface area contributed by atoms with E-state index in [0.717, 1.165) is 12.1 Å². The predicted octanol–water partition coefficient (Wildman–Crippen LogP) is 2.90. The zero-order chi connectivity index (χ0) is 15.3. The van der Waals surface area contributed by atoms with Gasteiger partial charge in [-0.3, -0.25) is 4.79 Å². The summed E-state index contributed by atoms with van der Waals surface area (Å²) in [5.74, 6) is -0.403. The monoisotopic (exact) mass is 288 g/mol. The maximum atomic E-state index is 12.7. The molecule has 6 heteroatoms. The van der Waals surface area contributed by atoms with E-state index in [-0.39, 0.29) is 11.6 Å². The number of halogens is 3. The van der Waals surface area contributed by atoms with Crippen molar-refractivity contribution in [2.45, 2.75) is 32.5 Å². The Bertz CT molecular complexity index is 458. The molecule has 3 nitrogen and oxygen atoms in total. The third kappa shape index (κ3) is 4.23. The fourth-order valence-corrected chi connectivity index (χ4v) is 1.85. The lowest BCUT2D eigenvalue weighted by atomic mass is 10.1. The fraction of sp³-hybridized carbons (Fsp3) is 0.500. The van der Waals surface area contributed by atoms with Gasteiger partial charge in [0.2, 0.25) is 0 Å². The molecule has 0 saturated carbocycles. The molecule has 1 aromatic rings. The number of benzene rings is 1. The number of nitrogens with two attached hydrogens (primary N) is 1. The van der Waals surface area contributed by atoms with Gasteiger partial charge in [0.1, 0.15) is 0 Å². The van der Waals surface area contributed by atoms with Crippen LogP contribution in [0.1, 0.15) is 36.2 Å². The van der Waals surface area contributed by atoms with E-state index in [4.69, 9.17) is 5.73 Å². The Balaban J connectivity index is 3.00. The summed E-state index contributed by atoms with van der Waals surface area (Å²) in [4.78, 5) is 13.8. The van der Waals surface area contributed by atoms with Crippen LogP contribution in [0.4, 0.5) is 13.2 Å². The SMILES string of the molecule is CC(C)N(CCCN)C(=O)c1cccc(C(F)(F)F)c1. The summed E-state index contributed by atoms with van der Waals surface area (Å²) < 4.78 is 38.0. The molecule has 0 atom stereocenters. The number of amides is 1. The van der Waals surface area contributed by atoms with Crippen LogP contribution in [0.2, 0.25) is 0 Å². The lowest BCUT2D eigenvalue weighted by molar-refractivity contribution is -0.137. The van der Waals surface area contributed by atoms with Crippen molar-refractivity contribution in [1.82, 2.24) is 4.90 Å². The summed E-state index contributed by atoms with van der Waals surface area (Å²) in [6.07, 6.45) is -3.83. The van der Waals surface area contributed by atoms with Gasteiger partial charge < -0.3 is 10.6 Å². The van der Waals surface area contributed by atoms with Crippen LogP contribution in [-0.4, -0.2) is 29.9 Å². The molecule has 1 rings (SSSR count). The number of hydrogen-bond donors (Lipinski definition) is 1. The first kappa shape index (κ1) is 16.5. The highest BCUT2D eigenvalue weighted by atomic mass is 19.4. The summed E-state index contributed by atoms with van der Waals surface area (Å²) in [5.41, 5.74) is 4.64. The minimum Gasteiger partial charge on any atom is -0.336 e. The minimum absolute atomic E-state index is 0.0468. The summed E-state index contributed by atoms with van der Waals surface area (Å²) in [5, 5.41) is 0. The number of nitrogens with zero attached hydrogens (tertiary/aromatic N) is 1. The smallest absolute Gasteiger partial charge is 0.336 e. The van der Waals surface area contributed by atoms with Crippen LogP contribution in [0, 0.1) is 0 Å². The van der Waals surface area contributed by atoms with Crippen molar-refractivity contribution in [2.75, 3.05) is 13.1 Å². The van der Waals surface area contributed by atoms with Crippen LogP contribution in [0.5, 0.6) is 0 Å². The molecule has 1 aromatic carbocycles.